The van der Waals surface area contributed by atoms with Gasteiger partial charge in [0, 0.05) is 5.38 Å². The van der Waals surface area contributed by atoms with Gasteiger partial charge in [-0.05, 0) is 68.6 Å². The second kappa shape index (κ2) is 2.89. The molecular formula is C12H19Cl. The first-order valence-corrected chi connectivity index (χ1v) is 6.31. The summed E-state index contributed by atoms with van der Waals surface area (Å²) in [6, 6.07) is 0. The van der Waals surface area contributed by atoms with E-state index >= 15 is 0 Å². The zero-order valence-electron chi connectivity index (χ0n) is 8.38. The van der Waals surface area contributed by atoms with Crippen LogP contribution < -0.4 is 0 Å². The molecule has 0 radical (unpaired) electrons. The van der Waals surface area contributed by atoms with Crippen LogP contribution in [0.1, 0.15) is 39.0 Å². The van der Waals surface area contributed by atoms with E-state index in [-0.39, 0.29) is 0 Å². The Labute approximate surface area is 86.0 Å². The minimum Gasteiger partial charge on any atom is -0.123 e. The number of alkyl halides is 1. The largest absolute Gasteiger partial charge is 0.123 e. The molecule has 74 valence electrons. The fourth-order valence-corrected chi connectivity index (χ4v) is 5.13. The topological polar surface area (TPSA) is 0 Å². The van der Waals surface area contributed by atoms with Crippen molar-refractivity contribution in [2.75, 3.05) is 0 Å². The summed E-state index contributed by atoms with van der Waals surface area (Å²) in [7, 11) is 0. The molecule has 4 fully saturated rings. The van der Waals surface area contributed by atoms with Gasteiger partial charge in [0.1, 0.15) is 0 Å². The van der Waals surface area contributed by atoms with Gasteiger partial charge < -0.3 is 0 Å². The zero-order chi connectivity index (χ0) is 9.00. The van der Waals surface area contributed by atoms with E-state index in [9.17, 15) is 0 Å². The highest BCUT2D eigenvalue weighted by molar-refractivity contribution is 6.20. The standard InChI is InChI=1S/C12H19Cl/c1-7(13)12-10-3-8-2-9(5-10)6-11(12)4-8/h7-12H,2-6H2,1H3. The average molecular weight is 199 g/mol. The monoisotopic (exact) mass is 198 g/mol. The Balaban J connectivity index is 1.85. The summed E-state index contributed by atoms with van der Waals surface area (Å²) in [5.41, 5.74) is 0. The SMILES string of the molecule is CC(Cl)C1C2CC3CC(C2)CC1C3. The molecule has 0 N–H and O–H groups in total. The van der Waals surface area contributed by atoms with Crippen molar-refractivity contribution in [1.82, 2.24) is 0 Å². The lowest BCUT2D eigenvalue weighted by atomic mass is 9.51. The Morgan fingerprint density at radius 3 is 1.77 bits per heavy atom. The fraction of sp³-hybridized carbons (Fsp3) is 1.00. The summed E-state index contributed by atoms with van der Waals surface area (Å²) in [5, 5.41) is 0.426. The molecule has 4 saturated carbocycles. The molecule has 4 rings (SSSR count). The lowest BCUT2D eigenvalue weighted by Crippen LogP contribution is -2.47. The van der Waals surface area contributed by atoms with Gasteiger partial charge >= 0.3 is 0 Å². The molecule has 1 heteroatoms. The van der Waals surface area contributed by atoms with Crippen LogP contribution in [0.5, 0.6) is 0 Å². The molecule has 0 aliphatic heterocycles. The van der Waals surface area contributed by atoms with Gasteiger partial charge in [-0.1, -0.05) is 0 Å². The maximum atomic E-state index is 6.32. The van der Waals surface area contributed by atoms with Crippen molar-refractivity contribution in [1.29, 1.82) is 0 Å². The van der Waals surface area contributed by atoms with Crippen LogP contribution in [0.15, 0.2) is 0 Å². The van der Waals surface area contributed by atoms with Crippen molar-refractivity contribution >= 4 is 11.6 Å². The Hall–Kier alpha value is 0.290. The average Bonchev–Trinajstić information content (AvgIpc) is 2.00. The van der Waals surface area contributed by atoms with E-state index in [1.54, 1.807) is 6.42 Å². The molecule has 0 spiro atoms. The first-order chi connectivity index (χ1) is 6.24. The first-order valence-electron chi connectivity index (χ1n) is 5.88. The molecule has 0 aromatic heterocycles. The maximum absolute atomic E-state index is 6.32. The minimum atomic E-state index is 0.426. The zero-order valence-corrected chi connectivity index (χ0v) is 9.13. The molecule has 0 nitrogen and oxygen atoms in total. The summed E-state index contributed by atoms with van der Waals surface area (Å²) in [5.74, 6) is 5.06. The second-order valence-electron chi connectivity index (χ2n) is 5.69. The van der Waals surface area contributed by atoms with Crippen molar-refractivity contribution in [3.63, 3.8) is 0 Å². The van der Waals surface area contributed by atoms with Gasteiger partial charge in [0.25, 0.3) is 0 Å². The molecule has 13 heavy (non-hydrogen) atoms. The highest BCUT2D eigenvalue weighted by Gasteiger charge is 2.49. The fourth-order valence-electron chi connectivity index (χ4n) is 4.72. The molecule has 4 aliphatic rings. The van der Waals surface area contributed by atoms with E-state index in [1.165, 1.54) is 25.7 Å². The highest BCUT2D eigenvalue weighted by atomic mass is 35.5. The summed E-state index contributed by atoms with van der Waals surface area (Å²) >= 11 is 6.32. The van der Waals surface area contributed by atoms with Gasteiger partial charge in [-0.15, -0.1) is 11.6 Å². The summed E-state index contributed by atoms with van der Waals surface area (Å²) in [4.78, 5) is 0. The summed E-state index contributed by atoms with van der Waals surface area (Å²) in [6.45, 7) is 2.22. The van der Waals surface area contributed by atoms with Crippen LogP contribution in [0.25, 0.3) is 0 Å². The number of rotatable bonds is 1. The second-order valence-corrected chi connectivity index (χ2v) is 6.37. The van der Waals surface area contributed by atoms with Crippen LogP contribution in [-0.2, 0) is 0 Å². The van der Waals surface area contributed by atoms with Crippen molar-refractivity contribution in [3.8, 4) is 0 Å². The molecule has 0 aromatic carbocycles. The van der Waals surface area contributed by atoms with Crippen molar-refractivity contribution in [2.24, 2.45) is 29.6 Å². The maximum Gasteiger partial charge on any atom is 0.0341 e. The predicted molar refractivity (Wildman–Crippen MR) is 55.9 cm³/mol. The molecule has 4 bridgehead atoms. The molecule has 4 aliphatic carbocycles. The third-order valence-electron chi connectivity index (χ3n) is 4.83. The van der Waals surface area contributed by atoms with Crippen molar-refractivity contribution in [3.05, 3.63) is 0 Å². The van der Waals surface area contributed by atoms with E-state index in [4.69, 9.17) is 11.6 Å². The number of halogens is 1. The van der Waals surface area contributed by atoms with Gasteiger partial charge in [0.2, 0.25) is 0 Å². The normalized spacial score (nSPS) is 55.4. The number of hydrogen-bond donors (Lipinski definition) is 0. The van der Waals surface area contributed by atoms with Gasteiger partial charge in [-0.25, -0.2) is 0 Å². The first kappa shape index (κ1) is 8.59. The van der Waals surface area contributed by atoms with Crippen molar-refractivity contribution < 1.29 is 0 Å². The van der Waals surface area contributed by atoms with Gasteiger partial charge in [0.15, 0.2) is 0 Å². The van der Waals surface area contributed by atoms with Crippen LogP contribution in [-0.4, -0.2) is 5.38 Å². The molecule has 0 amide bonds. The Morgan fingerprint density at radius 2 is 1.38 bits per heavy atom. The van der Waals surface area contributed by atoms with Gasteiger partial charge in [0.05, 0.1) is 0 Å². The third kappa shape index (κ3) is 1.25. The van der Waals surface area contributed by atoms with E-state index in [0.717, 1.165) is 29.6 Å². The molecule has 0 aromatic rings. The van der Waals surface area contributed by atoms with E-state index in [1.807, 2.05) is 0 Å². The van der Waals surface area contributed by atoms with Gasteiger partial charge in [-0.2, -0.15) is 0 Å². The van der Waals surface area contributed by atoms with Crippen LogP contribution in [0.2, 0.25) is 0 Å². The van der Waals surface area contributed by atoms with Crippen LogP contribution in [0.4, 0.5) is 0 Å². The Bertz CT molecular complexity index is 181. The molecule has 0 heterocycles. The highest BCUT2D eigenvalue weighted by Crippen LogP contribution is 2.57. The van der Waals surface area contributed by atoms with Crippen LogP contribution in [0, 0.1) is 29.6 Å². The minimum absolute atomic E-state index is 0.426. The molecule has 0 saturated heterocycles. The lowest BCUT2D eigenvalue weighted by molar-refractivity contribution is -0.0359. The van der Waals surface area contributed by atoms with E-state index in [0.29, 0.717) is 5.38 Å². The third-order valence-corrected chi connectivity index (χ3v) is 5.12. The number of hydrogen-bond acceptors (Lipinski definition) is 0. The predicted octanol–water partition coefficient (Wildman–Crippen LogP) is 3.69. The van der Waals surface area contributed by atoms with Crippen LogP contribution in [0.3, 0.4) is 0 Å². The van der Waals surface area contributed by atoms with Gasteiger partial charge in [-0.3, -0.25) is 0 Å². The quantitative estimate of drug-likeness (QED) is 0.564. The van der Waals surface area contributed by atoms with Crippen molar-refractivity contribution in [2.45, 2.75) is 44.4 Å². The smallest absolute Gasteiger partial charge is 0.0341 e. The molecular weight excluding hydrogens is 180 g/mol. The van der Waals surface area contributed by atoms with E-state index in [2.05, 4.69) is 6.92 Å². The van der Waals surface area contributed by atoms with E-state index < -0.39 is 0 Å². The van der Waals surface area contributed by atoms with Crippen LogP contribution >= 0.6 is 11.6 Å². The summed E-state index contributed by atoms with van der Waals surface area (Å²) in [6.07, 6.45) is 7.59. The lowest BCUT2D eigenvalue weighted by Gasteiger charge is -2.55. The Morgan fingerprint density at radius 1 is 0.923 bits per heavy atom. The Kier molecular flexibility index (Phi) is 1.91. The molecule has 1 unspecified atom stereocenters. The molecule has 1 atom stereocenters. The summed E-state index contributed by atoms with van der Waals surface area (Å²) < 4.78 is 0.